The highest BCUT2D eigenvalue weighted by atomic mass is 35.5. The summed E-state index contributed by atoms with van der Waals surface area (Å²) < 4.78 is 15.1. The van der Waals surface area contributed by atoms with Gasteiger partial charge in [0, 0.05) is 11.1 Å². The molecule has 0 saturated heterocycles. The number of rotatable bonds is 3. The molecule has 0 unspecified atom stereocenters. The third kappa shape index (κ3) is 3.38. The summed E-state index contributed by atoms with van der Waals surface area (Å²) in [6.07, 6.45) is 1.52. The number of benzene rings is 2. The van der Waals surface area contributed by atoms with E-state index in [4.69, 9.17) is 34.8 Å². The van der Waals surface area contributed by atoms with Gasteiger partial charge in [-0.2, -0.15) is 5.10 Å². The molecule has 2 aromatic carbocycles. The van der Waals surface area contributed by atoms with Gasteiger partial charge in [0.1, 0.15) is 11.6 Å². The largest absolute Gasteiger partial charge is 0.306 e. The minimum absolute atomic E-state index is 0.0255. The van der Waals surface area contributed by atoms with Crippen LogP contribution in [0.5, 0.6) is 0 Å². The molecular weight excluding hydrogens is 376 g/mol. The Morgan fingerprint density at radius 2 is 1.75 bits per heavy atom. The second-order valence-electron chi connectivity index (χ2n) is 4.80. The molecule has 0 saturated carbocycles. The van der Waals surface area contributed by atoms with E-state index >= 15 is 0 Å². The molecule has 0 atom stereocenters. The highest BCUT2D eigenvalue weighted by Gasteiger charge is 2.16. The Bertz CT molecular complexity index is 909. The minimum atomic E-state index is -0.725. The van der Waals surface area contributed by atoms with E-state index in [1.807, 2.05) is 0 Å². The van der Waals surface area contributed by atoms with Crippen LogP contribution >= 0.6 is 34.8 Å². The van der Waals surface area contributed by atoms with Crippen LogP contribution in [-0.4, -0.2) is 15.7 Å². The summed E-state index contributed by atoms with van der Waals surface area (Å²) in [6.45, 7) is 0. The number of nitrogens with one attached hydrogen (secondary N) is 1. The number of nitrogens with zero attached hydrogens (tertiary/aromatic N) is 2. The second-order valence-corrected chi connectivity index (χ2v) is 6.06. The zero-order chi connectivity index (χ0) is 17.3. The molecule has 3 rings (SSSR count). The summed E-state index contributed by atoms with van der Waals surface area (Å²) in [6, 6.07) is 10.7. The lowest BCUT2D eigenvalue weighted by molar-refractivity contribution is 0.102. The van der Waals surface area contributed by atoms with Gasteiger partial charge in [-0.15, -0.1) is 0 Å². The molecule has 0 radical (unpaired) electrons. The Morgan fingerprint density at radius 3 is 2.46 bits per heavy atom. The van der Waals surface area contributed by atoms with Gasteiger partial charge < -0.3 is 5.32 Å². The zero-order valence-electron chi connectivity index (χ0n) is 11.9. The fraction of sp³-hybridized carbons (Fsp3) is 0. The topological polar surface area (TPSA) is 46.9 Å². The van der Waals surface area contributed by atoms with Gasteiger partial charge in [0.25, 0.3) is 5.91 Å². The van der Waals surface area contributed by atoms with Crippen molar-refractivity contribution in [2.45, 2.75) is 0 Å². The van der Waals surface area contributed by atoms with Gasteiger partial charge in [-0.1, -0.05) is 34.8 Å². The third-order valence-corrected chi connectivity index (χ3v) is 4.06. The van der Waals surface area contributed by atoms with Crippen molar-refractivity contribution in [1.29, 1.82) is 0 Å². The van der Waals surface area contributed by atoms with Crippen molar-refractivity contribution in [3.63, 3.8) is 0 Å². The van der Waals surface area contributed by atoms with Gasteiger partial charge in [0.05, 0.1) is 27.5 Å². The summed E-state index contributed by atoms with van der Waals surface area (Å²) >= 11 is 17.5. The van der Waals surface area contributed by atoms with Crippen molar-refractivity contribution in [2.75, 3.05) is 5.32 Å². The molecule has 0 aliphatic heterocycles. The van der Waals surface area contributed by atoms with E-state index in [0.29, 0.717) is 16.5 Å². The normalized spacial score (nSPS) is 10.7. The first-order valence-electron chi connectivity index (χ1n) is 6.71. The van der Waals surface area contributed by atoms with Crippen LogP contribution in [0.25, 0.3) is 5.69 Å². The Balaban J connectivity index is 1.90. The molecule has 0 aliphatic carbocycles. The second kappa shape index (κ2) is 6.81. The fourth-order valence-corrected chi connectivity index (χ4v) is 2.66. The van der Waals surface area contributed by atoms with Crippen molar-refractivity contribution >= 4 is 46.5 Å². The number of carbonyl (C=O) groups is 1. The van der Waals surface area contributed by atoms with Gasteiger partial charge in [0.2, 0.25) is 0 Å². The number of amides is 1. The average Bonchev–Trinajstić information content (AvgIpc) is 2.99. The summed E-state index contributed by atoms with van der Waals surface area (Å²) in [5, 5.41) is 7.27. The molecule has 1 aromatic heterocycles. The van der Waals surface area contributed by atoms with Crippen molar-refractivity contribution in [3.8, 4) is 5.69 Å². The molecule has 0 bridgehead atoms. The first kappa shape index (κ1) is 16.8. The molecule has 8 heteroatoms. The molecule has 122 valence electrons. The van der Waals surface area contributed by atoms with Gasteiger partial charge in [-0.25, -0.2) is 9.07 Å². The van der Waals surface area contributed by atoms with Crippen molar-refractivity contribution in [3.05, 3.63) is 75.1 Å². The van der Waals surface area contributed by atoms with E-state index in [-0.39, 0.29) is 15.6 Å². The van der Waals surface area contributed by atoms with E-state index in [1.165, 1.54) is 16.9 Å². The van der Waals surface area contributed by atoms with Gasteiger partial charge in [0.15, 0.2) is 0 Å². The highest BCUT2D eigenvalue weighted by molar-refractivity contribution is 6.37. The first-order valence-corrected chi connectivity index (χ1v) is 7.85. The van der Waals surface area contributed by atoms with Crippen molar-refractivity contribution in [1.82, 2.24) is 9.78 Å². The monoisotopic (exact) mass is 383 g/mol. The van der Waals surface area contributed by atoms with Crippen molar-refractivity contribution in [2.24, 2.45) is 0 Å². The molecule has 24 heavy (non-hydrogen) atoms. The number of anilines is 1. The van der Waals surface area contributed by atoms with Gasteiger partial charge >= 0.3 is 0 Å². The Hall–Kier alpha value is -2.08. The van der Waals surface area contributed by atoms with E-state index in [0.717, 1.165) is 6.07 Å². The van der Waals surface area contributed by atoms with E-state index in [2.05, 4.69) is 10.4 Å². The minimum Gasteiger partial charge on any atom is -0.306 e. The molecule has 1 heterocycles. The summed E-state index contributed by atoms with van der Waals surface area (Å²) in [5.41, 5.74) is 0.676. The number of hydrogen-bond donors (Lipinski definition) is 1. The summed E-state index contributed by atoms with van der Waals surface area (Å²) in [7, 11) is 0. The zero-order valence-corrected chi connectivity index (χ0v) is 14.2. The fourth-order valence-electron chi connectivity index (χ4n) is 2.07. The van der Waals surface area contributed by atoms with Crippen molar-refractivity contribution < 1.29 is 9.18 Å². The number of carbonyl (C=O) groups excluding carboxylic acids is 1. The van der Waals surface area contributed by atoms with Crippen LogP contribution in [0.3, 0.4) is 0 Å². The van der Waals surface area contributed by atoms with Crippen LogP contribution in [0, 0.1) is 5.82 Å². The van der Waals surface area contributed by atoms with E-state index < -0.39 is 11.7 Å². The lowest BCUT2D eigenvalue weighted by atomic mass is 10.2. The molecule has 0 spiro atoms. The number of halogens is 4. The number of aromatic nitrogens is 2. The molecule has 0 fully saturated rings. The van der Waals surface area contributed by atoms with Crippen LogP contribution in [0.15, 0.2) is 48.7 Å². The van der Waals surface area contributed by atoms with Gasteiger partial charge in [-0.05, 0) is 36.4 Å². The molecule has 1 amide bonds. The lowest BCUT2D eigenvalue weighted by Crippen LogP contribution is -2.16. The summed E-state index contributed by atoms with van der Waals surface area (Å²) in [4.78, 5) is 12.4. The van der Waals surface area contributed by atoms with Crippen LogP contribution in [0.4, 0.5) is 10.2 Å². The van der Waals surface area contributed by atoms with Crippen LogP contribution in [0.1, 0.15) is 10.4 Å². The third-order valence-electron chi connectivity index (χ3n) is 3.21. The quantitative estimate of drug-likeness (QED) is 0.629. The van der Waals surface area contributed by atoms with E-state index in [1.54, 1.807) is 30.3 Å². The summed E-state index contributed by atoms with van der Waals surface area (Å²) in [5.74, 6) is -0.905. The van der Waals surface area contributed by atoms with Crippen LogP contribution in [-0.2, 0) is 0 Å². The number of hydrogen-bond acceptors (Lipinski definition) is 2. The molecule has 1 N–H and O–H groups in total. The highest BCUT2D eigenvalue weighted by Crippen LogP contribution is 2.25. The van der Waals surface area contributed by atoms with E-state index in [9.17, 15) is 9.18 Å². The average molecular weight is 385 g/mol. The maximum Gasteiger partial charge on any atom is 0.258 e. The first-order chi connectivity index (χ1) is 11.5. The molecular formula is C16H9Cl3FN3O. The Morgan fingerprint density at radius 1 is 1.04 bits per heavy atom. The Kier molecular flexibility index (Phi) is 4.76. The maximum absolute atomic E-state index is 13.6. The lowest BCUT2D eigenvalue weighted by Gasteiger charge is -2.10. The SMILES string of the molecule is O=C(Nc1ccnn1-c1ccc(Cl)cc1)c1cc(F)c(Cl)cc1Cl. The molecule has 0 aliphatic rings. The standard InChI is InChI=1S/C16H9Cl3FN3O/c17-9-1-3-10(4-2-9)23-15(5-6-21-23)22-16(24)11-7-14(20)13(19)8-12(11)18/h1-8H,(H,22,24). The predicted molar refractivity (Wildman–Crippen MR) is 92.9 cm³/mol. The molecule has 4 nitrogen and oxygen atoms in total. The smallest absolute Gasteiger partial charge is 0.258 e. The Labute approximate surface area is 151 Å². The maximum atomic E-state index is 13.6. The molecule has 3 aromatic rings. The van der Waals surface area contributed by atoms with Crippen LogP contribution in [0.2, 0.25) is 15.1 Å². The van der Waals surface area contributed by atoms with Gasteiger partial charge in [-0.3, -0.25) is 4.79 Å². The predicted octanol–water partition coefficient (Wildman–Crippen LogP) is 5.22. The van der Waals surface area contributed by atoms with Crippen LogP contribution < -0.4 is 5.32 Å².